The van der Waals surface area contributed by atoms with Crippen LogP contribution in [0, 0.1) is 13.8 Å². The van der Waals surface area contributed by atoms with Crippen LogP contribution in [-0.2, 0) is 16.0 Å². The van der Waals surface area contributed by atoms with Gasteiger partial charge in [-0.3, -0.25) is 25.2 Å². The van der Waals surface area contributed by atoms with Gasteiger partial charge in [-0.2, -0.15) is 0 Å². The highest BCUT2D eigenvalue weighted by molar-refractivity contribution is 5.99. The van der Waals surface area contributed by atoms with Crippen LogP contribution < -0.4 is 25.6 Å². The fourth-order valence-electron chi connectivity index (χ4n) is 3.48. The largest absolute Gasteiger partial charge is 0.484 e. The minimum Gasteiger partial charge on any atom is -0.484 e. The summed E-state index contributed by atoms with van der Waals surface area (Å²) in [5.74, 6) is -0.0601. The number of hydrogen-bond acceptors (Lipinski definition) is 5. The predicted molar refractivity (Wildman–Crippen MR) is 127 cm³/mol. The number of ether oxygens (including phenoxy) is 2. The zero-order valence-electron chi connectivity index (χ0n) is 18.9. The van der Waals surface area contributed by atoms with E-state index in [1.807, 2.05) is 50.2 Å². The Morgan fingerprint density at radius 1 is 0.941 bits per heavy atom. The summed E-state index contributed by atoms with van der Waals surface area (Å²) in [4.78, 5) is 37.1. The van der Waals surface area contributed by atoms with E-state index in [1.165, 1.54) is 6.07 Å². The Hall–Kier alpha value is -4.33. The van der Waals surface area contributed by atoms with Gasteiger partial charge in [-0.1, -0.05) is 30.3 Å². The van der Waals surface area contributed by atoms with Crippen LogP contribution in [0.3, 0.4) is 0 Å². The third-order valence-corrected chi connectivity index (χ3v) is 5.50. The van der Waals surface area contributed by atoms with Crippen LogP contribution in [0.4, 0.5) is 5.69 Å². The highest BCUT2D eigenvalue weighted by Gasteiger charge is 2.28. The van der Waals surface area contributed by atoms with Gasteiger partial charge in [0.05, 0.1) is 0 Å². The third-order valence-electron chi connectivity index (χ3n) is 5.50. The molecule has 8 heteroatoms. The molecule has 0 aromatic heterocycles. The number of carbonyl (C=O) groups excluding carboxylic acids is 3. The highest BCUT2D eigenvalue weighted by Crippen LogP contribution is 2.28. The Labute approximate surface area is 197 Å². The van der Waals surface area contributed by atoms with E-state index in [-0.39, 0.29) is 18.1 Å². The van der Waals surface area contributed by atoms with E-state index in [2.05, 4.69) is 16.2 Å². The molecule has 0 saturated heterocycles. The van der Waals surface area contributed by atoms with Crippen LogP contribution in [-0.4, -0.2) is 30.4 Å². The van der Waals surface area contributed by atoms with E-state index in [0.717, 1.165) is 16.7 Å². The number of benzene rings is 3. The Kier molecular flexibility index (Phi) is 6.77. The maximum absolute atomic E-state index is 12.6. The molecule has 3 amide bonds. The standard InChI is InChI=1S/C26H25N3O5/c1-16-10-11-21(12-17(16)2)33-15-24(30)28-29-25(31)19-7-5-8-20(13-19)27-26(32)23-14-18-6-3-4-9-22(18)34-23/h3-13,23H,14-15H2,1-2H3,(H,27,32)(H,28,30)(H,29,31). The van der Waals surface area contributed by atoms with Crippen molar-refractivity contribution in [3.8, 4) is 11.5 Å². The minimum absolute atomic E-state index is 0.247. The lowest BCUT2D eigenvalue weighted by Gasteiger charge is -2.13. The van der Waals surface area contributed by atoms with Gasteiger partial charge in [-0.25, -0.2) is 0 Å². The molecular weight excluding hydrogens is 434 g/mol. The lowest BCUT2D eigenvalue weighted by molar-refractivity contribution is -0.124. The maximum Gasteiger partial charge on any atom is 0.276 e. The van der Waals surface area contributed by atoms with E-state index >= 15 is 0 Å². The van der Waals surface area contributed by atoms with Crippen LogP contribution in [0.5, 0.6) is 11.5 Å². The van der Waals surface area contributed by atoms with Gasteiger partial charge in [0.15, 0.2) is 12.7 Å². The first kappa shape index (κ1) is 22.8. The van der Waals surface area contributed by atoms with Gasteiger partial charge < -0.3 is 14.8 Å². The summed E-state index contributed by atoms with van der Waals surface area (Å²) in [7, 11) is 0. The summed E-state index contributed by atoms with van der Waals surface area (Å²) in [5, 5.41) is 2.77. The molecule has 0 aliphatic carbocycles. The van der Waals surface area contributed by atoms with E-state index < -0.39 is 17.9 Å². The molecule has 174 valence electrons. The second-order valence-electron chi connectivity index (χ2n) is 8.03. The maximum atomic E-state index is 12.6. The third kappa shape index (κ3) is 5.53. The number of para-hydroxylation sites is 1. The molecule has 1 atom stereocenters. The SMILES string of the molecule is Cc1ccc(OCC(=O)NNC(=O)c2cccc(NC(=O)C3Cc4ccccc4O3)c2)cc1C. The topological polar surface area (TPSA) is 106 Å². The second kappa shape index (κ2) is 10.1. The van der Waals surface area contributed by atoms with Crippen LogP contribution in [0.1, 0.15) is 27.0 Å². The molecule has 0 spiro atoms. The molecule has 8 nitrogen and oxygen atoms in total. The normalized spacial score (nSPS) is 13.9. The summed E-state index contributed by atoms with van der Waals surface area (Å²) >= 11 is 0. The summed E-state index contributed by atoms with van der Waals surface area (Å²) in [5.41, 5.74) is 8.55. The first-order valence-electron chi connectivity index (χ1n) is 10.8. The smallest absolute Gasteiger partial charge is 0.276 e. The number of nitrogens with one attached hydrogen (secondary N) is 3. The first-order valence-corrected chi connectivity index (χ1v) is 10.8. The van der Waals surface area contributed by atoms with Crippen LogP contribution in [0.25, 0.3) is 0 Å². The average molecular weight is 460 g/mol. The Balaban J connectivity index is 1.26. The van der Waals surface area contributed by atoms with Crippen molar-refractivity contribution in [3.63, 3.8) is 0 Å². The number of carbonyl (C=O) groups is 3. The highest BCUT2D eigenvalue weighted by atomic mass is 16.5. The molecule has 1 heterocycles. The lowest BCUT2D eigenvalue weighted by Crippen LogP contribution is -2.43. The van der Waals surface area contributed by atoms with Crippen molar-refractivity contribution < 1.29 is 23.9 Å². The molecule has 1 aliphatic rings. The van der Waals surface area contributed by atoms with Gasteiger partial charge in [0.25, 0.3) is 17.7 Å². The molecule has 34 heavy (non-hydrogen) atoms. The number of rotatable bonds is 6. The molecular formula is C26H25N3O5. The second-order valence-corrected chi connectivity index (χ2v) is 8.03. The van der Waals surface area contributed by atoms with E-state index in [4.69, 9.17) is 9.47 Å². The van der Waals surface area contributed by atoms with Gasteiger partial charge in [-0.05, 0) is 66.9 Å². The fourth-order valence-corrected chi connectivity index (χ4v) is 3.48. The minimum atomic E-state index is -0.633. The summed E-state index contributed by atoms with van der Waals surface area (Å²) in [6.45, 7) is 3.70. The molecule has 1 aliphatic heterocycles. The molecule has 0 fully saturated rings. The number of amides is 3. The van der Waals surface area contributed by atoms with Gasteiger partial charge in [0, 0.05) is 17.7 Å². The zero-order chi connectivity index (χ0) is 24.1. The van der Waals surface area contributed by atoms with Crippen molar-refractivity contribution in [3.05, 3.63) is 89.0 Å². The van der Waals surface area contributed by atoms with Gasteiger partial charge in [0.1, 0.15) is 11.5 Å². The Morgan fingerprint density at radius 3 is 2.56 bits per heavy atom. The molecule has 3 aromatic rings. The fraction of sp³-hybridized carbons (Fsp3) is 0.192. The van der Waals surface area contributed by atoms with E-state index in [9.17, 15) is 14.4 Å². The average Bonchev–Trinajstić information content (AvgIpc) is 3.28. The van der Waals surface area contributed by atoms with Crippen LogP contribution in [0.2, 0.25) is 0 Å². The van der Waals surface area contributed by atoms with Gasteiger partial charge in [0.2, 0.25) is 0 Å². The van der Waals surface area contributed by atoms with Crippen molar-refractivity contribution in [1.82, 2.24) is 10.9 Å². The Morgan fingerprint density at radius 2 is 1.76 bits per heavy atom. The van der Waals surface area contributed by atoms with Crippen molar-refractivity contribution in [2.75, 3.05) is 11.9 Å². The molecule has 0 saturated carbocycles. The Bertz CT molecular complexity index is 1220. The summed E-state index contributed by atoms with van der Waals surface area (Å²) in [6.07, 6.45) is -0.148. The van der Waals surface area contributed by atoms with Crippen LogP contribution >= 0.6 is 0 Å². The zero-order valence-corrected chi connectivity index (χ0v) is 18.9. The number of hydrogen-bond donors (Lipinski definition) is 3. The van der Waals surface area contributed by atoms with Crippen molar-refractivity contribution in [2.24, 2.45) is 0 Å². The van der Waals surface area contributed by atoms with Crippen molar-refractivity contribution >= 4 is 23.4 Å². The van der Waals surface area contributed by atoms with Gasteiger partial charge >= 0.3 is 0 Å². The molecule has 0 bridgehead atoms. The first-order chi connectivity index (χ1) is 16.4. The summed E-state index contributed by atoms with van der Waals surface area (Å²) < 4.78 is 11.2. The molecule has 3 N–H and O–H groups in total. The molecule has 3 aromatic carbocycles. The molecule has 1 unspecified atom stereocenters. The van der Waals surface area contributed by atoms with E-state index in [1.54, 1.807) is 24.3 Å². The lowest BCUT2D eigenvalue weighted by atomic mass is 10.1. The molecule has 4 rings (SSSR count). The number of hydrazine groups is 1. The number of aryl methyl sites for hydroxylation is 2. The number of anilines is 1. The quantitative estimate of drug-likeness (QED) is 0.492. The predicted octanol–water partition coefficient (Wildman–Crippen LogP) is 3.09. The van der Waals surface area contributed by atoms with E-state index in [0.29, 0.717) is 23.6 Å². The molecule has 0 radical (unpaired) electrons. The summed E-state index contributed by atoms with van der Waals surface area (Å²) in [6, 6.07) is 19.5. The van der Waals surface area contributed by atoms with Gasteiger partial charge in [-0.15, -0.1) is 0 Å². The van der Waals surface area contributed by atoms with Crippen LogP contribution in [0.15, 0.2) is 66.7 Å². The monoisotopic (exact) mass is 459 g/mol. The number of fused-ring (bicyclic) bond motifs is 1. The van der Waals surface area contributed by atoms with Crippen molar-refractivity contribution in [2.45, 2.75) is 26.4 Å². The van der Waals surface area contributed by atoms with Crippen molar-refractivity contribution in [1.29, 1.82) is 0 Å².